The summed E-state index contributed by atoms with van der Waals surface area (Å²) >= 11 is 0. The number of rotatable bonds is 11. The average molecular weight is 233 g/mol. The molecule has 0 spiro atoms. The average Bonchev–Trinajstić information content (AvgIpc) is 2.29. The lowest BCUT2D eigenvalue weighted by molar-refractivity contribution is 0.0130. The first kappa shape index (κ1) is 15.8. The van der Waals surface area contributed by atoms with E-state index in [1.807, 2.05) is 0 Å². The maximum absolute atomic E-state index is 9.59. The normalized spacial score (nSPS) is 15.0. The van der Waals surface area contributed by atoms with E-state index in [9.17, 15) is 5.11 Å². The molecule has 0 saturated heterocycles. The van der Waals surface area contributed by atoms with Crippen LogP contribution >= 0.6 is 0 Å². The van der Waals surface area contributed by atoms with Gasteiger partial charge in [-0.15, -0.1) is 0 Å². The first-order valence-electron chi connectivity index (χ1n) is 6.18. The molecule has 98 valence electrons. The van der Waals surface area contributed by atoms with Gasteiger partial charge >= 0.3 is 0 Å². The number of nitrogens with one attached hydrogen (secondary N) is 1. The Morgan fingerprint density at radius 1 is 1.31 bits per heavy atom. The summed E-state index contributed by atoms with van der Waals surface area (Å²) in [5, 5.41) is 12.9. The molecule has 0 aromatic heterocycles. The van der Waals surface area contributed by atoms with Crippen LogP contribution in [0.5, 0.6) is 0 Å². The Labute approximate surface area is 99.3 Å². The molecule has 0 aliphatic carbocycles. The number of ether oxygens (including phenoxy) is 2. The highest BCUT2D eigenvalue weighted by atomic mass is 16.5. The van der Waals surface area contributed by atoms with Crippen molar-refractivity contribution in [1.29, 1.82) is 0 Å². The smallest absolute Gasteiger partial charge is 0.0897 e. The van der Waals surface area contributed by atoms with E-state index in [0.29, 0.717) is 32.4 Å². The SMILES string of the molecule is CCCCC(C)NCC(O)COCCOC. The molecule has 16 heavy (non-hydrogen) atoms. The lowest BCUT2D eigenvalue weighted by Crippen LogP contribution is -2.36. The summed E-state index contributed by atoms with van der Waals surface area (Å²) in [7, 11) is 1.64. The lowest BCUT2D eigenvalue weighted by atomic mass is 10.1. The molecule has 0 aliphatic heterocycles. The lowest BCUT2D eigenvalue weighted by Gasteiger charge is -2.17. The van der Waals surface area contributed by atoms with Crippen molar-refractivity contribution < 1.29 is 14.6 Å². The minimum atomic E-state index is -0.430. The Kier molecular flexibility index (Phi) is 11.2. The van der Waals surface area contributed by atoms with Gasteiger partial charge < -0.3 is 19.9 Å². The zero-order chi connectivity index (χ0) is 12.2. The summed E-state index contributed by atoms with van der Waals surface area (Å²) < 4.78 is 10.1. The predicted molar refractivity (Wildman–Crippen MR) is 65.7 cm³/mol. The topological polar surface area (TPSA) is 50.7 Å². The van der Waals surface area contributed by atoms with E-state index in [4.69, 9.17) is 9.47 Å². The largest absolute Gasteiger partial charge is 0.389 e. The first-order valence-corrected chi connectivity index (χ1v) is 6.18. The van der Waals surface area contributed by atoms with Gasteiger partial charge in [0.05, 0.1) is 25.9 Å². The zero-order valence-electron chi connectivity index (χ0n) is 10.9. The molecule has 2 atom stereocenters. The molecule has 0 fully saturated rings. The number of methoxy groups -OCH3 is 1. The van der Waals surface area contributed by atoms with Gasteiger partial charge in [0.15, 0.2) is 0 Å². The number of aliphatic hydroxyl groups excluding tert-OH is 1. The fourth-order valence-corrected chi connectivity index (χ4v) is 1.37. The third-order valence-electron chi connectivity index (χ3n) is 2.43. The van der Waals surface area contributed by atoms with Crippen LogP contribution in [0.2, 0.25) is 0 Å². The van der Waals surface area contributed by atoms with Gasteiger partial charge in [0.1, 0.15) is 0 Å². The third kappa shape index (κ3) is 10.4. The van der Waals surface area contributed by atoms with Crippen LogP contribution in [0.3, 0.4) is 0 Å². The van der Waals surface area contributed by atoms with E-state index >= 15 is 0 Å². The summed E-state index contributed by atoms with van der Waals surface area (Å²) in [4.78, 5) is 0. The Hall–Kier alpha value is -0.160. The van der Waals surface area contributed by atoms with E-state index in [-0.39, 0.29) is 0 Å². The number of hydrogen-bond donors (Lipinski definition) is 2. The van der Waals surface area contributed by atoms with Crippen molar-refractivity contribution in [2.75, 3.05) is 33.5 Å². The molecular formula is C12H27NO3. The fourth-order valence-electron chi connectivity index (χ4n) is 1.37. The molecule has 0 bridgehead atoms. The van der Waals surface area contributed by atoms with Gasteiger partial charge in [-0.1, -0.05) is 19.8 Å². The molecule has 4 heteroatoms. The van der Waals surface area contributed by atoms with Crippen LogP contribution in [-0.4, -0.2) is 50.7 Å². The van der Waals surface area contributed by atoms with Crippen LogP contribution in [0, 0.1) is 0 Å². The minimum absolute atomic E-state index is 0.372. The molecule has 0 heterocycles. The van der Waals surface area contributed by atoms with Gasteiger partial charge in [-0.2, -0.15) is 0 Å². The van der Waals surface area contributed by atoms with Crippen LogP contribution in [0.15, 0.2) is 0 Å². The van der Waals surface area contributed by atoms with E-state index in [2.05, 4.69) is 19.2 Å². The number of hydrogen-bond acceptors (Lipinski definition) is 4. The molecule has 0 aliphatic rings. The van der Waals surface area contributed by atoms with E-state index in [0.717, 1.165) is 6.42 Å². The molecule has 0 radical (unpaired) electrons. The van der Waals surface area contributed by atoms with Gasteiger partial charge in [-0.3, -0.25) is 0 Å². The molecule has 0 saturated carbocycles. The number of aliphatic hydroxyl groups is 1. The Balaban J connectivity index is 3.31. The molecule has 2 N–H and O–H groups in total. The first-order chi connectivity index (χ1) is 7.70. The van der Waals surface area contributed by atoms with Crippen LogP contribution in [0.25, 0.3) is 0 Å². The summed E-state index contributed by atoms with van der Waals surface area (Å²) in [6.07, 6.45) is 3.18. The van der Waals surface area contributed by atoms with Crippen molar-refractivity contribution in [3.8, 4) is 0 Å². The van der Waals surface area contributed by atoms with Crippen molar-refractivity contribution in [2.45, 2.75) is 45.3 Å². The van der Waals surface area contributed by atoms with Gasteiger partial charge in [0, 0.05) is 19.7 Å². The maximum Gasteiger partial charge on any atom is 0.0897 e. The molecule has 2 unspecified atom stereocenters. The van der Waals surface area contributed by atoms with Crippen LogP contribution in [-0.2, 0) is 9.47 Å². The van der Waals surface area contributed by atoms with Crippen molar-refractivity contribution in [2.24, 2.45) is 0 Å². The van der Waals surface area contributed by atoms with Gasteiger partial charge in [-0.25, -0.2) is 0 Å². The van der Waals surface area contributed by atoms with Crippen molar-refractivity contribution in [3.63, 3.8) is 0 Å². The van der Waals surface area contributed by atoms with Crippen LogP contribution < -0.4 is 5.32 Å². The van der Waals surface area contributed by atoms with E-state index < -0.39 is 6.10 Å². The Morgan fingerprint density at radius 2 is 2.06 bits per heavy atom. The highest BCUT2D eigenvalue weighted by molar-refractivity contribution is 4.64. The molecule has 4 nitrogen and oxygen atoms in total. The van der Waals surface area contributed by atoms with Crippen molar-refractivity contribution in [3.05, 3.63) is 0 Å². The summed E-state index contributed by atoms with van der Waals surface area (Å²) in [6.45, 7) is 6.42. The zero-order valence-corrected chi connectivity index (χ0v) is 10.9. The summed E-state index contributed by atoms with van der Waals surface area (Å²) in [5.74, 6) is 0. The molecular weight excluding hydrogens is 206 g/mol. The highest BCUT2D eigenvalue weighted by Gasteiger charge is 2.06. The van der Waals surface area contributed by atoms with Crippen LogP contribution in [0.4, 0.5) is 0 Å². The second-order valence-corrected chi connectivity index (χ2v) is 4.17. The van der Waals surface area contributed by atoms with Gasteiger partial charge in [0.25, 0.3) is 0 Å². The van der Waals surface area contributed by atoms with Gasteiger partial charge in [-0.05, 0) is 13.3 Å². The molecule has 0 aromatic carbocycles. The monoisotopic (exact) mass is 233 g/mol. The minimum Gasteiger partial charge on any atom is -0.389 e. The van der Waals surface area contributed by atoms with E-state index in [1.54, 1.807) is 7.11 Å². The molecule has 0 amide bonds. The van der Waals surface area contributed by atoms with E-state index in [1.165, 1.54) is 12.8 Å². The standard InChI is InChI=1S/C12H27NO3/c1-4-5-6-11(2)13-9-12(14)10-16-8-7-15-3/h11-14H,4-10H2,1-3H3. The second-order valence-electron chi connectivity index (χ2n) is 4.17. The molecule has 0 aromatic rings. The predicted octanol–water partition coefficient (Wildman–Crippen LogP) is 1.18. The third-order valence-corrected chi connectivity index (χ3v) is 2.43. The maximum atomic E-state index is 9.59. The number of unbranched alkanes of at least 4 members (excludes halogenated alkanes) is 1. The highest BCUT2D eigenvalue weighted by Crippen LogP contribution is 1.99. The van der Waals surface area contributed by atoms with Crippen molar-refractivity contribution >= 4 is 0 Å². The summed E-state index contributed by atoms with van der Waals surface area (Å²) in [6, 6.07) is 0.466. The van der Waals surface area contributed by atoms with Crippen molar-refractivity contribution in [1.82, 2.24) is 5.32 Å². The Bertz CT molecular complexity index is 144. The van der Waals surface area contributed by atoms with Crippen LogP contribution in [0.1, 0.15) is 33.1 Å². The quantitative estimate of drug-likeness (QED) is 0.526. The molecule has 0 rings (SSSR count). The second kappa shape index (κ2) is 11.3. The summed E-state index contributed by atoms with van der Waals surface area (Å²) in [5.41, 5.74) is 0. The fraction of sp³-hybridized carbons (Fsp3) is 1.00. The Morgan fingerprint density at radius 3 is 2.69 bits per heavy atom. The van der Waals surface area contributed by atoms with Gasteiger partial charge in [0.2, 0.25) is 0 Å².